The number of nitrogens with zero attached hydrogens (tertiary/aromatic N) is 2. The van der Waals surface area contributed by atoms with E-state index in [9.17, 15) is 14.0 Å². The molecule has 2 saturated heterocycles. The molecule has 34 heavy (non-hydrogen) atoms. The van der Waals surface area contributed by atoms with Crippen molar-refractivity contribution in [1.82, 2.24) is 15.1 Å². The Kier molecular flexibility index (Phi) is 7.33. The van der Waals surface area contributed by atoms with Gasteiger partial charge in [-0.1, -0.05) is 41.5 Å². The highest BCUT2D eigenvalue weighted by atomic mass is 19.1. The number of halogens is 1. The topological polar surface area (TPSA) is 61.9 Å². The quantitative estimate of drug-likeness (QED) is 0.600. The largest absolute Gasteiger partial charge is 0.383 e. The molecule has 4 rings (SSSR count). The van der Waals surface area contributed by atoms with Crippen molar-refractivity contribution in [2.24, 2.45) is 5.92 Å². The van der Waals surface area contributed by atoms with Crippen LogP contribution in [0.3, 0.4) is 0 Å². The fourth-order valence-electron chi connectivity index (χ4n) is 5.50. The Morgan fingerprint density at radius 3 is 2.29 bits per heavy atom. The van der Waals surface area contributed by atoms with Gasteiger partial charge in [-0.2, -0.15) is 0 Å². The van der Waals surface area contributed by atoms with E-state index in [1.807, 2.05) is 0 Å². The van der Waals surface area contributed by atoms with Gasteiger partial charge in [0.2, 0.25) is 0 Å². The molecule has 6 nitrogen and oxygen atoms in total. The molecule has 2 aromatic carbocycles. The van der Waals surface area contributed by atoms with E-state index in [4.69, 9.17) is 4.74 Å². The van der Waals surface area contributed by atoms with Crippen molar-refractivity contribution in [2.45, 2.75) is 45.2 Å². The number of rotatable bonds is 8. The summed E-state index contributed by atoms with van der Waals surface area (Å²) in [6.07, 6.45) is 1.95. The predicted molar refractivity (Wildman–Crippen MR) is 129 cm³/mol. The molecule has 1 atom stereocenters. The first-order valence-corrected chi connectivity index (χ1v) is 12.0. The van der Waals surface area contributed by atoms with Crippen LogP contribution < -0.4 is 5.32 Å². The van der Waals surface area contributed by atoms with Crippen LogP contribution >= 0.6 is 0 Å². The monoisotopic (exact) mass is 467 g/mol. The number of likely N-dealkylation sites (tertiary alicyclic amines) is 1. The number of hydrogen-bond donors (Lipinski definition) is 1. The van der Waals surface area contributed by atoms with Crippen LogP contribution in [0.15, 0.2) is 42.5 Å². The third-order valence-electron chi connectivity index (χ3n) is 7.09. The molecule has 0 spiro atoms. The third-order valence-corrected chi connectivity index (χ3v) is 7.09. The van der Waals surface area contributed by atoms with Gasteiger partial charge < -0.3 is 10.1 Å². The molecule has 0 aliphatic carbocycles. The van der Waals surface area contributed by atoms with Crippen molar-refractivity contribution in [1.29, 1.82) is 0 Å². The van der Waals surface area contributed by atoms with Crippen molar-refractivity contribution in [2.75, 3.05) is 33.4 Å². The Morgan fingerprint density at radius 1 is 1.03 bits per heavy atom. The van der Waals surface area contributed by atoms with Crippen molar-refractivity contribution in [3.63, 3.8) is 0 Å². The first kappa shape index (κ1) is 24.4. The van der Waals surface area contributed by atoms with Gasteiger partial charge in [-0.3, -0.25) is 14.6 Å². The highest BCUT2D eigenvalue weighted by molar-refractivity contribution is 6.07. The smallest absolute Gasteiger partial charge is 0.325 e. The van der Waals surface area contributed by atoms with Gasteiger partial charge in [-0.15, -0.1) is 0 Å². The fourth-order valence-corrected chi connectivity index (χ4v) is 5.50. The van der Waals surface area contributed by atoms with E-state index >= 15 is 0 Å². The summed E-state index contributed by atoms with van der Waals surface area (Å²) in [6, 6.07) is 12.5. The molecule has 0 aromatic heterocycles. The molecule has 2 aromatic rings. The lowest BCUT2D eigenvalue weighted by Crippen LogP contribution is -2.57. The molecule has 2 heterocycles. The number of urea groups is 1. The first-order chi connectivity index (χ1) is 16.3. The van der Waals surface area contributed by atoms with Crippen LogP contribution in [-0.4, -0.2) is 60.6 Å². The average molecular weight is 468 g/mol. The van der Waals surface area contributed by atoms with Crippen molar-refractivity contribution >= 4 is 11.9 Å². The lowest BCUT2D eigenvalue weighted by molar-refractivity contribution is -0.134. The number of carbonyl (C=O) groups excluding carboxylic acids is 2. The number of nitrogens with one attached hydrogen (secondary N) is 1. The minimum absolute atomic E-state index is 0.00274. The number of carbonyl (C=O) groups is 2. The molecule has 1 N–H and O–H groups in total. The van der Waals surface area contributed by atoms with Crippen molar-refractivity contribution in [3.05, 3.63) is 70.5 Å². The number of piperidine rings is 1. The number of methoxy groups -OCH3 is 1. The van der Waals surface area contributed by atoms with Crippen LogP contribution in [0.1, 0.15) is 35.1 Å². The van der Waals surface area contributed by atoms with Gasteiger partial charge in [-0.25, -0.2) is 9.18 Å². The van der Waals surface area contributed by atoms with Gasteiger partial charge in [0, 0.05) is 20.1 Å². The minimum Gasteiger partial charge on any atom is -0.383 e. The van der Waals surface area contributed by atoms with Crippen LogP contribution in [0.2, 0.25) is 0 Å². The summed E-state index contributed by atoms with van der Waals surface area (Å²) < 4.78 is 18.6. The Bertz CT molecular complexity index is 1010. The molecule has 182 valence electrons. The summed E-state index contributed by atoms with van der Waals surface area (Å²) in [5, 5.41) is 3.06. The second-order valence-corrected chi connectivity index (χ2v) is 9.70. The zero-order valence-electron chi connectivity index (χ0n) is 20.3. The van der Waals surface area contributed by atoms with E-state index in [0.29, 0.717) is 13.0 Å². The summed E-state index contributed by atoms with van der Waals surface area (Å²) >= 11 is 0. The number of benzene rings is 2. The molecule has 3 amide bonds. The normalized spacial score (nSPS) is 21.8. The van der Waals surface area contributed by atoms with E-state index in [0.717, 1.165) is 38.0 Å². The summed E-state index contributed by atoms with van der Waals surface area (Å²) in [5.41, 5.74) is 3.64. The Balaban J connectivity index is 1.52. The lowest BCUT2D eigenvalue weighted by atomic mass is 9.74. The molecule has 2 aliphatic heterocycles. The standard InChI is InChI=1S/C27H34FN3O3/c1-19-14-20(2)16-22(15-19)18-30-10-8-23(9-11-30)27(17-21-4-6-24(28)7-5-21)25(32)31(12-13-34-3)26(33)29-27/h4-7,14-16,23H,8-13,17-18H2,1-3H3,(H,29,33)/t27-/m1/s1. The van der Waals surface area contributed by atoms with Gasteiger partial charge in [0.25, 0.3) is 5.91 Å². The maximum atomic E-state index is 13.7. The number of aryl methyl sites for hydroxylation is 2. The second-order valence-electron chi connectivity index (χ2n) is 9.70. The van der Waals surface area contributed by atoms with Crippen LogP contribution in [-0.2, 0) is 22.5 Å². The molecule has 0 bridgehead atoms. The van der Waals surface area contributed by atoms with E-state index in [1.54, 1.807) is 19.2 Å². The highest BCUT2D eigenvalue weighted by Crippen LogP contribution is 2.37. The summed E-state index contributed by atoms with van der Waals surface area (Å²) in [4.78, 5) is 30.2. The first-order valence-electron chi connectivity index (χ1n) is 12.0. The predicted octanol–water partition coefficient (Wildman–Crippen LogP) is 3.83. The Hall–Kier alpha value is -2.77. The van der Waals surface area contributed by atoms with Crippen LogP contribution in [0.4, 0.5) is 9.18 Å². The maximum absolute atomic E-state index is 13.7. The van der Waals surface area contributed by atoms with Crippen molar-refractivity contribution in [3.8, 4) is 0 Å². The molecule has 0 radical (unpaired) electrons. The number of hydrogen-bond acceptors (Lipinski definition) is 4. The molecule has 0 unspecified atom stereocenters. The van der Waals surface area contributed by atoms with Gasteiger partial charge in [0.15, 0.2) is 0 Å². The van der Waals surface area contributed by atoms with Crippen LogP contribution in [0, 0.1) is 25.6 Å². The van der Waals surface area contributed by atoms with Gasteiger partial charge in [-0.05, 0) is 69.0 Å². The second kappa shape index (κ2) is 10.2. The van der Waals surface area contributed by atoms with Crippen LogP contribution in [0.5, 0.6) is 0 Å². The molecular formula is C27H34FN3O3. The van der Waals surface area contributed by atoms with Gasteiger partial charge in [0.05, 0.1) is 13.2 Å². The number of ether oxygens (including phenoxy) is 1. The van der Waals surface area contributed by atoms with E-state index in [-0.39, 0.29) is 30.2 Å². The molecular weight excluding hydrogens is 433 g/mol. The summed E-state index contributed by atoms with van der Waals surface area (Å²) in [6.45, 7) is 7.32. The maximum Gasteiger partial charge on any atom is 0.325 e. The molecule has 0 saturated carbocycles. The molecule has 7 heteroatoms. The van der Waals surface area contributed by atoms with E-state index < -0.39 is 5.54 Å². The Labute approximate surface area is 201 Å². The third kappa shape index (κ3) is 5.15. The molecule has 2 aliphatic rings. The fraction of sp³-hybridized carbons (Fsp3) is 0.481. The SMILES string of the molecule is COCCN1C(=O)N[C@](Cc2ccc(F)cc2)(C2CCN(Cc3cc(C)cc(C)c3)CC2)C1=O. The lowest BCUT2D eigenvalue weighted by Gasteiger charge is -2.41. The summed E-state index contributed by atoms with van der Waals surface area (Å²) in [7, 11) is 1.55. The Morgan fingerprint density at radius 2 is 1.68 bits per heavy atom. The average Bonchev–Trinajstić information content (AvgIpc) is 3.03. The van der Waals surface area contributed by atoms with E-state index in [1.165, 1.54) is 33.7 Å². The van der Waals surface area contributed by atoms with Crippen molar-refractivity contribution < 1.29 is 18.7 Å². The number of amides is 3. The zero-order valence-corrected chi connectivity index (χ0v) is 20.3. The minimum atomic E-state index is -1.02. The van der Waals surface area contributed by atoms with Gasteiger partial charge >= 0.3 is 6.03 Å². The molecule has 2 fully saturated rings. The van der Waals surface area contributed by atoms with Gasteiger partial charge in [0.1, 0.15) is 11.4 Å². The number of imide groups is 1. The summed E-state index contributed by atoms with van der Waals surface area (Å²) in [5.74, 6) is -0.523. The highest BCUT2D eigenvalue weighted by Gasteiger charge is 2.55. The zero-order chi connectivity index (χ0) is 24.3. The van der Waals surface area contributed by atoms with Crippen LogP contribution in [0.25, 0.3) is 0 Å². The van der Waals surface area contributed by atoms with E-state index in [2.05, 4.69) is 42.3 Å².